The summed E-state index contributed by atoms with van der Waals surface area (Å²) in [6.07, 6.45) is 5.83. The minimum absolute atomic E-state index is 0.204. The monoisotopic (exact) mass is 409 g/mol. The Hall–Kier alpha value is -3.75. The van der Waals surface area contributed by atoms with Crippen LogP contribution in [0.1, 0.15) is 12.6 Å². The molecule has 1 aliphatic rings. The van der Waals surface area contributed by atoms with Crippen molar-refractivity contribution in [3.63, 3.8) is 0 Å². The molecule has 1 aromatic carbocycles. The maximum absolute atomic E-state index is 14.8. The number of aromatic nitrogens is 3. The first-order chi connectivity index (χ1) is 14.5. The molecule has 154 valence electrons. The van der Waals surface area contributed by atoms with Crippen LogP contribution in [0.4, 0.5) is 14.9 Å². The van der Waals surface area contributed by atoms with Crippen LogP contribution < -0.4 is 10.2 Å². The van der Waals surface area contributed by atoms with Crippen LogP contribution in [0.3, 0.4) is 0 Å². The van der Waals surface area contributed by atoms with Gasteiger partial charge in [-0.1, -0.05) is 6.07 Å². The van der Waals surface area contributed by atoms with Crippen LogP contribution in [0, 0.1) is 5.82 Å². The van der Waals surface area contributed by atoms with Gasteiger partial charge in [-0.3, -0.25) is 14.7 Å². The summed E-state index contributed by atoms with van der Waals surface area (Å²) in [5, 5.41) is 2.61. The number of benzene rings is 1. The number of imidazole rings is 1. The Morgan fingerprint density at radius 1 is 1.33 bits per heavy atom. The molecule has 9 heteroatoms. The number of carbonyl (C=O) groups is 2. The second-order valence-corrected chi connectivity index (χ2v) is 6.99. The smallest absolute Gasteiger partial charge is 0.414 e. The molecule has 2 aromatic heterocycles. The van der Waals surface area contributed by atoms with Gasteiger partial charge in [0.05, 0.1) is 37.3 Å². The highest BCUT2D eigenvalue weighted by Gasteiger charge is 2.32. The molecule has 1 saturated heterocycles. The lowest BCUT2D eigenvalue weighted by molar-refractivity contribution is -0.119. The Labute approximate surface area is 172 Å². The molecule has 1 N–H and O–H groups in total. The number of pyridine rings is 1. The largest absolute Gasteiger partial charge is 0.442 e. The first-order valence-electron chi connectivity index (χ1n) is 9.43. The van der Waals surface area contributed by atoms with Crippen molar-refractivity contribution in [2.24, 2.45) is 0 Å². The van der Waals surface area contributed by atoms with Gasteiger partial charge >= 0.3 is 6.09 Å². The zero-order valence-corrected chi connectivity index (χ0v) is 16.3. The van der Waals surface area contributed by atoms with Gasteiger partial charge in [0.15, 0.2) is 0 Å². The minimum atomic E-state index is -0.567. The Morgan fingerprint density at radius 3 is 2.87 bits per heavy atom. The second-order valence-electron chi connectivity index (χ2n) is 6.99. The van der Waals surface area contributed by atoms with E-state index in [1.54, 1.807) is 30.9 Å². The average Bonchev–Trinajstić information content (AvgIpc) is 3.36. The van der Waals surface area contributed by atoms with E-state index in [9.17, 15) is 14.0 Å². The van der Waals surface area contributed by atoms with Crippen molar-refractivity contribution in [2.45, 2.75) is 19.6 Å². The molecule has 8 nitrogen and oxygen atoms in total. The van der Waals surface area contributed by atoms with Gasteiger partial charge in [-0.15, -0.1) is 0 Å². The van der Waals surface area contributed by atoms with E-state index in [2.05, 4.69) is 15.3 Å². The van der Waals surface area contributed by atoms with E-state index in [0.717, 1.165) is 5.69 Å². The van der Waals surface area contributed by atoms with Gasteiger partial charge in [0.2, 0.25) is 5.91 Å². The van der Waals surface area contributed by atoms with Crippen LogP contribution in [-0.2, 0) is 16.1 Å². The SMILES string of the molecule is CC(=O)NCC1CN(c2ccc(-c3ccc(Cn4ccnc4)nc3)c(F)c2)C(=O)O1. The average molecular weight is 409 g/mol. The highest BCUT2D eigenvalue weighted by molar-refractivity contribution is 5.90. The van der Waals surface area contributed by atoms with Crippen molar-refractivity contribution < 1.29 is 18.7 Å². The molecule has 3 heterocycles. The van der Waals surface area contributed by atoms with E-state index < -0.39 is 18.0 Å². The van der Waals surface area contributed by atoms with Crippen molar-refractivity contribution in [3.05, 3.63) is 66.8 Å². The van der Waals surface area contributed by atoms with Crippen molar-refractivity contribution in [1.29, 1.82) is 0 Å². The van der Waals surface area contributed by atoms with Crippen LogP contribution in [0.25, 0.3) is 11.1 Å². The Morgan fingerprint density at radius 2 is 2.20 bits per heavy atom. The third-order valence-electron chi connectivity index (χ3n) is 4.76. The zero-order valence-electron chi connectivity index (χ0n) is 16.3. The van der Waals surface area contributed by atoms with Gasteiger partial charge in [-0.05, 0) is 24.3 Å². The number of cyclic esters (lactones) is 1. The Kier molecular flexibility index (Phi) is 5.42. The number of ether oxygens (including phenoxy) is 1. The number of amides is 2. The molecule has 30 heavy (non-hydrogen) atoms. The standard InChI is InChI=1S/C21H20FN5O3/c1-14(28)24-10-18-12-27(21(29)30-18)17-4-5-19(20(22)8-17)15-2-3-16(25-9-15)11-26-7-6-23-13-26/h2-9,13,18H,10-12H2,1H3,(H,24,28). The molecular formula is C21H20FN5O3. The predicted octanol–water partition coefficient (Wildman–Crippen LogP) is 2.59. The fourth-order valence-electron chi connectivity index (χ4n) is 3.25. The molecule has 0 aliphatic carbocycles. The normalized spacial score (nSPS) is 15.9. The van der Waals surface area contributed by atoms with E-state index in [4.69, 9.17) is 4.74 Å². The fourth-order valence-corrected chi connectivity index (χ4v) is 3.25. The van der Waals surface area contributed by atoms with Crippen LogP contribution in [0.15, 0.2) is 55.2 Å². The van der Waals surface area contributed by atoms with Crippen LogP contribution >= 0.6 is 0 Å². The number of hydrogen-bond donors (Lipinski definition) is 1. The lowest BCUT2D eigenvalue weighted by Crippen LogP contribution is -2.33. The lowest BCUT2D eigenvalue weighted by Gasteiger charge is -2.14. The number of hydrogen-bond acceptors (Lipinski definition) is 5. The first-order valence-corrected chi connectivity index (χ1v) is 9.43. The minimum Gasteiger partial charge on any atom is -0.442 e. The Bertz CT molecular complexity index is 1050. The molecule has 4 rings (SSSR count). The molecule has 3 aromatic rings. The van der Waals surface area contributed by atoms with Gasteiger partial charge < -0.3 is 14.6 Å². The molecule has 1 aliphatic heterocycles. The molecular weight excluding hydrogens is 389 g/mol. The van der Waals surface area contributed by atoms with E-state index in [-0.39, 0.29) is 19.0 Å². The number of rotatable bonds is 6. The third-order valence-corrected chi connectivity index (χ3v) is 4.76. The number of carbonyl (C=O) groups excluding carboxylic acids is 2. The van der Waals surface area contributed by atoms with Gasteiger partial charge in [-0.25, -0.2) is 14.2 Å². The van der Waals surface area contributed by atoms with Gasteiger partial charge in [0.25, 0.3) is 0 Å². The fraction of sp³-hybridized carbons (Fsp3) is 0.238. The summed E-state index contributed by atoms with van der Waals surface area (Å²) >= 11 is 0. The summed E-state index contributed by atoms with van der Waals surface area (Å²) in [4.78, 5) is 32.9. The summed E-state index contributed by atoms with van der Waals surface area (Å²) in [5.41, 5.74) is 2.26. The number of nitrogens with zero attached hydrogens (tertiary/aromatic N) is 4. The zero-order chi connectivity index (χ0) is 21.1. The quantitative estimate of drug-likeness (QED) is 0.676. The molecule has 0 bridgehead atoms. The van der Waals surface area contributed by atoms with Crippen molar-refractivity contribution in [3.8, 4) is 11.1 Å². The van der Waals surface area contributed by atoms with E-state index in [1.165, 1.54) is 17.9 Å². The molecule has 0 spiro atoms. The highest BCUT2D eigenvalue weighted by atomic mass is 19.1. The maximum Gasteiger partial charge on any atom is 0.414 e. The molecule has 1 atom stereocenters. The van der Waals surface area contributed by atoms with Crippen molar-refractivity contribution in [2.75, 3.05) is 18.0 Å². The third kappa shape index (κ3) is 4.29. The number of anilines is 1. The Balaban J connectivity index is 1.47. The number of nitrogens with one attached hydrogen (secondary N) is 1. The lowest BCUT2D eigenvalue weighted by atomic mass is 10.1. The van der Waals surface area contributed by atoms with Gasteiger partial charge in [0.1, 0.15) is 11.9 Å². The summed E-state index contributed by atoms with van der Waals surface area (Å²) in [7, 11) is 0. The molecule has 0 saturated carbocycles. The maximum atomic E-state index is 14.8. The molecule has 1 unspecified atom stereocenters. The topological polar surface area (TPSA) is 89.4 Å². The van der Waals surface area contributed by atoms with Crippen LogP contribution in [-0.4, -0.2) is 45.7 Å². The van der Waals surface area contributed by atoms with Gasteiger partial charge in [0, 0.05) is 36.6 Å². The van der Waals surface area contributed by atoms with E-state index in [1.807, 2.05) is 22.9 Å². The summed E-state index contributed by atoms with van der Waals surface area (Å²) in [6.45, 7) is 2.43. The number of halogens is 1. The molecule has 1 fully saturated rings. The first kappa shape index (κ1) is 19.6. The van der Waals surface area contributed by atoms with E-state index in [0.29, 0.717) is 23.4 Å². The van der Waals surface area contributed by atoms with Gasteiger partial charge in [-0.2, -0.15) is 0 Å². The summed E-state index contributed by atoms with van der Waals surface area (Å²) < 4.78 is 21.9. The van der Waals surface area contributed by atoms with Crippen molar-refractivity contribution >= 4 is 17.7 Å². The molecule has 0 radical (unpaired) electrons. The second kappa shape index (κ2) is 8.32. The highest BCUT2D eigenvalue weighted by Crippen LogP contribution is 2.29. The van der Waals surface area contributed by atoms with Crippen LogP contribution in [0.5, 0.6) is 0 Å². The summed E-state index contributed by atoms with van der Waals surface area (Å²) in [5.74, 6) is -0.667. The van der Waals surface area contributed by atoms with E-state index >= 15 is 0 Å². The molecule has 2 amide bonds. The van der Waals surface area contributed by atoms with Crippen molar-refractivity contribution in [1.82, 2.24) is 19.9 Å². The summed E-state index contributed by atoms with van der Waals surface area (Å²) in [6, 6.07) is 8.24. The van der Waals surface area contributed by atoms with Crippen LogP contribution in [0.2, 0.25) is 0 Å². The predicted molar refractivity (Wildman–Crippen MR) is 107 cm³/mol.